The van der Waals surface area contributed by atoms with Crippen LogP contribution in [0.25, 0.3) is 0 Å². The molecule has 2 unspecified atom stereocenters. The van der Waals surface area contributed by atoms with E-state index in [4.69, 9.17) is 4.74 Å². The monoisotopic (exact) mass is 1130 g/mol. The topological polar surface area (TPSA) is 95.9 Å². The number of rotatable bonds is 70. The molecule has 0 aromatic carbocycles. The number of aliphatic hydroxyl groups excluding tert-OH is 2. The molecule has 0 saturated heterocycles. The van der Waals surface area contributed by atoms with Gasteiger partial charge in [0.05, 0.1) is 25.4 Å². The number of nitrogens with one attached hydrogen (secondary N) is 1. The molecule has 0 spiro atoms. The highest BCUT2D eigenvalue weighted by Crippen LogP contribution is 2.19. The first-order valence-corrected chi connectivity index (χ1v) is 36.9. The maximum absolute atomic E-state index is 12.5. The summed E-state index contributed by atoms with van der Waals surface area (Å²) in [5.41, 5.74) is 0. The number of ether oxygens (including phenoxy) is 1. The fourth-order valence-electron chi connectivity index (χ4n) is 11.9. The maximum atomic E-state index is 12.5. The van der Waals surface area contributed by atoms with E-state index in [0.29, 0.717) is 25.9 Å². The standard InChI is InChI=1S/C74H145NO5/c1-3-5-7-9-11-13-15-17-19-20-21-32-35-39-42-46-50-54-58-62-66-72(77)71(70-76)75-73(78)67-63-59-55-51-47-43-40-36-33-30-28-26-24-22-23-25-27-29-31-34-37-41-45-49-53-57-61-65-69-80-74(79)68-64-60-56-52-48-44-38-18-16-14-12-10-8-6-4-2/h22-23,71-72,76-77H,3-21,24-70H2,1-2H3,(H,75,78)/b23-22-. The van der Waals surface area contributed by atoms with Crippen molar-refractivity contribution >= 4 is 11.9 Å². The van der Waals surface area contributed by atoms with Gasteiger partial charge in [-0.15, -0.1) is 0 Å². The summed E-state index contributed by atoms with van der Waals surface area (Å²) in [6.45, 7) is 5.00. The Kier molecular flexibility index (Phi) is 68.9. The van der Waals surface area contributed by atoms with Gasteiger partial charge in [0, 0.05) is 12.8 Å². The summed E-state index contributed by atoms with van der Waals surface area (Å²) < 4.78 is 5.50. The summed E-state index contributed by atoms with van der Waals surface area (Å²) in [5, 5.41) is 23.4. The lowest BCUT2D eigenvalue weighted by atomic mass is 10.0. The number of amides is 1. The van der Waals surface area contributed by atoms with Crippen LogP contribution in [0.1, 0.15) is 425 Å². The first-order valence-electron chi connectivity index (χ1n) is 36.9. The lowest BCUT2D eigenvalue weighted by molar-refractivity contribution is -0.143. The molecular formula is C74H145NO5. The lowest BCUT2D eigenvalue weighted by Crippen LogP contribution is -2.45. The molecule has 0 aliphatic heterocycles. The highest BCUT2D eigenvalue weighted by Gasteiger charge is 2.20. The molecular weight excluding hydrogens is 983 g/mol. The van der Waals surface area contributed by atoms with Crippen molar-refractivity contribution in [2.45, 2.75) is 437 Å². The van der Waals surface area contributed by atoms with Crippen LogP contribution in [0.5, 0.6) is 0 Å². The molecule has 6 heteroatoms. The van der Waals surface area contributed by atoms with E-state index in [1.807, 2.05) is 0 Å². The second kappa shape index (κ2) is 70.1. The zero-order valence-corrected chi connectivity index (χ0v) is 54.6. The van der Waals surface area contributed by atoms with Crippen LogP contribution < -0.4 is 5.32 Å². The molecule has 0 saturated carbocycles. The number of unbranched alkanes of at least 4 members (excludes halogenated alkanes) is 57. The first kappa shape index (κ1) is 78.6. The van der Waals surface area contributed by atoms with Crippen LogP contribution in [-0.4, -0.2) is 47.4 Å². The third kappa shape index (κ3) is 65.7. The van der Waals surface area contributed by atoms with Crippen molar-refractivity contribution in [3.63, 3.8) is 0 Å². The zero-order chi connectivity index (χ0) is 57.8. The SMILES string of the molecule is CCCCCCCCCCCCCCCCCCCCCCC(O)C(CO)NC(=O)CCCCCCCCCCCCCC/C=C\CCCCCCCCCCCCCCOC(=O)CCCCCCCCCCCCCCCCC. The molecule has 0 fully saturated rings. The van der Waals surface area contributed by atoms with Gasteiger partial charge in [0.1, 0.15) is 0 Å². The van der Waals surface area contributed by atoms with E-state index in [2.05, 4.69) is 31.3 Å². The second-order valence-electron chi connectivity index (χ2n) is 25.6. The fraction of sp³-hybridized carbons (Fsp3) is 0.946. The highest BCUT2D eigenvalue weighted by molar-refractivity contribution is 5.76. The Labute approximate surface area is 501 Å². The molecule has 1 amide bonds. The number of hydrogen-bond donors (Lipinski definition) is 3. The van der Waals surface area contributed by atoms with E-state index >= 15 is 0 Å². The molecule has 0 rings (SSSR count). The van der Waals surface area contributed by atoms with E-state index < -0.39 is 12.1 Å². The molecule has 0 aromatic heterocycles. The average molecular weight is 1130 g/mol. The number of carbonyl (C=O) groups is 2. The van der Waals surface area contributed by atoms with Crippen molar-refractivity contribution in [1.29, 1.82) is 0 Å². The van der Waals surface area contributed by atoms with E-state index in [9.17, 15) is 19.8 Å². The van der Waals surface area contributed by atoms with Gasteiger partial charge in [0.15, 0.2) is 0 Å². The van der Waals surface area contributed by atoms with Crippen molar-refractivity contribution in [2.75, 3.05) is 13.2 Å². The average Bonchev–Trinajstić information content (AvgIpc) is 3.46. The Morgan fingerprint density at radius 3 is 0.887 bits per heavy atom. The zero-order valence-electron chi connectivity index (χ0n) is 54.6. The van der Waals surface area contributed by atoms with Gasteiger partial charge in [-0.05, 0) is 51.4 Å². The van der Waals surface area contributed by atoms with Gasteiger partial charge < -0.3 is 20.3 Å². The van der Waals surface area contributed by atoms with E-state index in [1.54, 1.807) is 0 Å². The van der Waals surface area contributed by atoms with Crippen LogP contribution in [0.3, 0.4) is 0 Å². The summed E-state index contributed by atoms with van der Waals surface area (Å²) in [5.74, 6) is -0.0100. The van der Waals surface area contributed by atoms with Gasteiger partial charge in [-0.2, -0.15) is 0 Å². The van der Waals surface area contributed by atoms with Crippen molar-refractivity contribution in [3.05, 3.63) is 12.2 Å². The fourth-order valence-corrected chi connectivity index (χ4v) is 11.9. The van der Waals surface area contributed by atoms with Gasteiger partial charge in [-0.3, -0.25) is 9.59 Å². The maximum Gasteiger partial charge on any atom is 0.305 e. The Morgan fingerprint density at radius 1 is 0.338 bits per heavy atom. The van der Waals surface area contributed by atoms with Crippen LogP contribution in [-0.2, 0) is 14.3 Å². The van der Waals surface area contributed by atoms with Gasteiger partial charge >= 0.3 is 5.97 Å². The molecule has 0 aliphatic carbocycles. The van der Waals surface area contributed by atoms with Gasteiger partial charge in [-0.1, -0.05) is 373 Å². The molecule has 476 valence electrons. The summed E-state index contributed by atoms with van der Waals surface area (Å²) in [6.07, 6.45) is 87.0. The molecule has 6 nitrogen and oxygen atoms in total. The number of aliphatic hydroxyl groups is 2. The molecule has 0 aromatic rings. The number of carbonyl (C=O) groups excluding carboxylic acids is 2. The summed E-state index contributed by atoms with van der Waals surface area (Å²) in [7, 11) is 0. The van der Waals surface area contributed by atoms with E-state index in [0.717, 1.165) is 38.5 Å². The largest absolute Gasteiger partial charge is 0.466 e. The van der Waals surface area contributed by atoms with E-state index in [-0.39, 0.29) is 18.5 Å². The van der Waals surface area contributed by atoms with Crippen LogP contribution >= 0.6 is 0 Å². The third-order valence-corrected chi connectivity index (χ3v) is 17.6. The summed E-state index contributed by atoms with van der Waals surface area (Å²) in [4.78, 5) is 24.6. The number of allylic oxidation sites excluding steroid dienone is 2. The number of hydrogen-bond acceptors (Lipinski definition) is 5. The second-order valence-corrected chi connectivity index (χ2v) is 25.6. The molecule has 80 heavy (non-hydrogen) atoms. The Balaban J connectivity index is 3.36. The van der Waals surface area contributed by atoms with Crippen LogP contribution in [0.15, 0.2) is 12.2 Å². The Bertz CT molecular complexity index is 1210. The van der Waals surface area contributed by atoms with Gasteiger partial charge in [0.25, 0.3) is 0 Å². The first-order chi connectivity index (χ1) is 39.5. The van der Waals surface area contributed by atoms with Crippen LogP contribution in [0, 0.1) is 0 Å². The molecule has 0 aliphatic rings. The van der Waals surface area contributed by atoms with Crippen LogP contribution in [0.4, 0.5) is 0 Å². The highest BCUT2D eigenvalue weighted by atomic mass is 16.5. The molecule has 0 radical (unpaired) electrons. The predicted molar refractivity (Wildman–Crippen MR) is 352 cm³/mol. The Hall–Kier alpha value is -1.40. The predicted octanol–water partition coefficient (Wildman–Crippen LogP) is 23.9. The summed E-state index contributed by atoms with van der Waals surface area (Å²) in [6, 6.07) is -0.542. The van der Waals surface area contributed by atoms with Gasteiger partial charge in [-0.25, -0.2) is 0 Å². The third-order valence-electron chi connectivity index (χ3n) is 17.6. The minimum absolute atomic E-state index is 0.0199. The normalized spacial score (nSPS) is 12.5. The quantitative estimate of drug-likeness (QED) is 0.0320. The minimum Gasteiger partial charge on any atom is -0.466 e. The van der Waals surface area contributed by atoms with E-state index in [1.165, 1.54) is 353 Å². The number of esters is 1. The lowest BCUT2D eigenvalue weighted by Gasteiger charge is -2.22. The minimum atomic E-state index is -0.664. The molecule has 2 atom stereocenters. The van der Waals surface area contributed by atoms with Crippen molar-refractivity contribution in [3.8, 4) is 0 Å². The molecule has 3 N–H and O–H groups in total. The van der Waals surface area contributed by atoms with Crippen molar-refractivity contribution < 1.29 is 24.5 Å². The Morgan fingerprint density at radius 2 is 0.588 bits per heavy atom. The smallest absolute Gasteiger partial charge is 0.305 e. The van der Waals surface area contributed by atoms with Crippen LogP contribution in [0.2, 0.25) is 0 Å². The van der Waals surface area contributed by atoms with Gasteiger partial charge in [0.2, 0.25) is 5.91 Å². The molecule has 0 heterocycles. The molecule has 0 bridgehead atoms. The summed E-state index contributed by atoms with van der Waals surface area (Å²) >= 11 is 0. The van der Waals surface area contributed by atoms with Crippen molar-refractivity contribution in [2.24, 2.45) is 0 Å². The van der Waals surface area contributed by atoms with Crippen molar-refractivity contribution in [1.82, 2.24) is 5.32 Å².